The van der Waals surface area contributed by atoms with E-state index in [-0.39, 0.29) is 18.7 Å². The van der Waals surface area contributed by atoms with Crippen molar-refractivity contribution in [3.8, 4) is 0 Å². The van der Waals surface area contributed by atoms with Gasteiger partial charge in [-0.25, -0.2) is 9.59 Å². The maximum atomic E-state index is 12.1. The monoisotopic (exact) mass is 256 g/mol. The maximum absolute atomic E-state index is 12.1. The lowest BCUT2D eigenvalue weighted by Gasteiger charge is -2.34. The highest BCUT2D eigenvalue weighted by Gasteiger charge is 2.33. The van der Waals surface area contributed by atoms with Crippen molar-refractivity contribution in [2.45, 2.75) is 44.2 Å². The third kappa shape index (κ3) is 3.13. The number of ether oxygens (including phenoxy) is 1. The molecular weight excluding hydrogens is 236 g/mol. The van der Waals surface area contributed by atoms with Crippen LogP contribution in [-0.2, 0) is 9.53 Å². The summed E-state index contributed by atoms with van der Waals surface area (Å²) < 4.78 is 5.11. The van der Waals surface area contributed by atoms with Gasteiger partial charge in [0.2, 0.25) is 0 Å². The molecule has 18 heavy (non-hydrogen) atoms. The van der Waals surface area contributed by atoms with Crippen molar-refractivity contribution < 1.29 is 19.4 Å². The number of urea groups is 1. The molecular formula is C12H20N2O4. The van der Waals surface area contributed by atoms with E-state index in [0.29, 0.717) is 13.2 Å². The lowest BCUT2D eigenvalue weighted by atomic mass is 9.96. The first-order chi connectivity index (χ1) is 8.68. The van der Waals surface area contributed by atoms with Crippen molar-refractivity contribution in [2.75, 3.05) is 19.8 Å². The second kappa shape index (κ2) is 6.04. The Morgan fingerprint density at radius 2 is 1.94 bits per heavy atom. The zero-order chi connectivity index (χ0) is 13.0. The summed E-state index contributed by atoms with van der Waals surface area (Å²) in [4.78, 5) is 24.5. The summed E-state index contributed by atoms with van der Waals surface area (Å²) in [6.45, 7) is 0.824. The second-order valence-corrected chi connectivity index (χ2v) is 4.91. The number of nitrogens with zero attached hydrogens (tertiary/aromatic N) is 1. The standard InChI is InChI=1S/C12H20N2O4/c15-11(16)10-8-18-7-6-14(10)12(17)13-9-4-2-1-3-5-9/h9-10H,1-8H2,(H,13,17)(H,15,16). The highest BCUT2D eigenvalue weighted by molar-refractivity contribution is 5.83. The summed E-state index contributed by atoms with van der Waals surface area (Å²) in [6, 6.07) is -0.927. The molecule has 2 aliphatic rings. The lowest BCUT2D eigenvalue weighted by molar-refractivity contribution is -0.147. The molecule has 1 unspecified atom stereocenters. The van der Waals surface area contributed by atoms with Crippen LogP contribution in [0.25, 0.3) is 0 Å². The molecule has 0 radical (unpaired) electrons. The molecule has 6 nitrogen and oxygen atoms in total. The summed E-state index contributed by atoms with van der Waals surface area (Å²) in [5, 5.41) is 12.0. The Balaban J connectivity index is 1.91. The Hall–Kier alpha value is -1.30. The van der Waals surface area contributed by atoms with Gasteiger partial charge in [-0.05, 0) is 12.8 Å². The minimum Gasteiger partial charge on any atom is -0.480 e. The van der Waals surface area contributed by atoms with Crippen molar-refractivity contribution in [2.24, 2.45) is 0 Å². The third-order valence-electron chi connectivity index (χ3n) is 3.61. The molecule has 2 N–H and O–H groups in total. The number of aliphatic carboxylic acids is 1. The van der Waals surface area contributed by atoms with Crippen LogP contribution >= 0.6 is 0 Å². The van der Waals surface area contributed by atoms with Gasteiger partial charge in [0, 0.05) is 12.6 Å². The number of rotatable bonds is 2. The molecule has 0 aromatic rings. The van der Waals surface area contributed by atoms with Gasteiger partial charge in [-0.3, -0.25) is 0 Å². The molecule has 1 saturated carbocycles. The van der Waals surface area contributed by atoms with Crippen LogP contribution in [0.15, 0.2) is 0 Å². The molecule has 1 aliphatic heterocycles. The van der Waals surface area contributed by atoms with E-state index in [4.69, 9.17) is 9.84 Å². The summed E-state index contributed by atoms with van der Waals surface area (Å²) in [5.41, 5.74) is 0. The number of hydrogen-bond donors (Lipinski definition) is 2. The van der Waals surface area contributed by atoms with Gasteiger partial charge in [-0.15, -0.1) is 0 Å². The van der Waals surface area contributed by atoms with E-state index < -0.39 is 12.0 Å². The predicted molar refractivity (Wildman–Crippen MR) is 64.4 cm³/mol. The number of carbonyl (C=O) groups excluding carboxylic acids is 1. The molecule has 1 atom stereocenters. The zero-order valence-corrected chi connectivity index (χ0v) is 10.4. The van der Waals surface area contributed by atoms with E-state index in [1.807, 2.05) is 0 Å². The first kappa shape index (κ1) is 13.1. The fourth-order valence-electron chi connectivity index (χ4n) is 2.56. The number of amides is 2. The fourth-order valence-corrected chi connectivity index (χ4v) is 2.56. The average Bonchev–Trinajstić information content (AvgIpc) is 2.40. The van der Waals surface area contributed by atoms with Crippen molar-refractivity contribution in [3.05, 3.63) is 0 Å². The number of morpholine rings is 1. The Labute approximate surface area is 106 Å². The van der Waals surface area contributed by atoms with Gasteiger partial charge in [-0.1, -0.05) is 19.3 Å². The minimum absolute atomic E-state index is 0.0768. The molecule has 1 aliphatic carbocycles. The van der Waals surface area contributed by atoms with Gasteiger partial charge >= 0.3 is 12.0 Å². The highest BCUT2D eigenvalue weighted by Crippen LogP contribution is 2.18. The fraction of sp³-hybridized carbons (Fsp3) is 0.833. The average molecular weight is 256 g/mol. The van der Waals surface area contributed by atoms with Crippen LogP contribution in [0, 0.1) is 0 Å². The number of carbonyl (C=O) groups is 2. The Morgan fingerprint density at radius 1 is 1.22 bits per heavy atom. The van der Waals surface area contributed by atoms with Crippen LogP contribution in [0.3, 0.4) is 0 Å². The van der Waals surface area contributed by atoms with Crippen LogP contribution in [-0.4, -0.2) is 53.8 Å². The van der Waals surface area contributed by atoms with Crippen LogP contribution in [0.5, 0.6) is 0 Å². The van der Waals surface area contributed by atoms with E-state index in [0.717, 1.165) is 25.7 Å². The van der Waals surface area contributed by atoms with Crippen LogP contribution in [0.1, 0.15) is 32.1 Å². The van der Waals surface area contributed by atoms with E-state index in [1.165, 1.54) is 11.3 Å². The summed E-state index contributed by atoms with van der Waals surface area (Å²) >= 11 is 0. The molecule has 6 heteroatoms. The molecule has 2 fully saturated rings. The van der Waals surface area contributed by atoms with Gasteiger partial charge in [0.1, 0.15) is 0 Å². The Morgan fingerprint density at radius 3 is 2.61 bits per heavy atom. The molecule has 0 aromatic heterocycles. The van der Waals surface area contributed by atoms with E-state index >= 15 is 0 Å². The van der Waals surface area contributed by atoms with Crippen molar-refractivity contribution in [1.82, 2.24) is 10.2 Å². The van der Waals surface area contributed by atoms with Crippen molar-refractivity contribution in [1.29, 1.82) is 0 Å². The first-order valence-corrected chi connectivity index (χ1v) is 6.56. The summed E-state index contributed by atoms with van der Waals surface area (Å²) in [7, 11) is 0. The number of hydrogen-bond acceptors (Lipinski definition) is 3. The molecule has 1 heterocycles. The molecule has 1 saturated heterocycles. The summed E-state index contributed by atoms with van der Waals surface area (Å²) in [6.07, 6.45) is 5.48. The van der Waals surface area contributed by atoms with Gasteiger partial charge in [0.25, 0.3) is 0 Å². The third-order valence-corrected chi connectivity index (χ3v) is 3.61. The molecule has 2 amide bonds. The van der Waals surface area contributed by atoms with Crippen molar-refractivity contribution in [3.63, 3.8) is 0 Å². The quantitative estimate of drug-likeness (QED) is 0.766. The van der Waals surface area contributed by atoms with Crippen LogP contribution in [0.4, 0.5) is 4.79 Å². The largest absolute Gasteiger partial charge is 0.480 e. The van der Waals surface area contributed by atoms with Gasteiger partial charge in [0.15, 0.2) is 6.04 Å². The Kier molecular flexibility index (Phi) is 4.41. The van der Waals surface area contributed by atoms with Crippen LogP contribution in [0.2, 0.25) is 0 Å². The lowest BCUT2D eigenvalue weighted by Crippen LogP contribution is -2.57. The van der Waals surface area contributed by atoms with E-state index in [1.54, 1.807) is 0 Å². The highest BCUT2D eigenvalue weighted by atomic mass is 16.5. The Bertz CT molecular complexity index is 315. The number of carboxylic acid groups (broad SMARTS) is 1. The predicted octanol–water partition coefficient (Wildman–Crippen LogP) is 0.814. The summed E-state index contributed by atoms with van der Waals surface area (Å²) in [5.74, 6) is -1.01. The molecule has 0 aromatic carbocycles. The van der Waals surface area contributed by atoms with E-state index in [2.05, 4.69) is 5.32 Å². The molecule has 0 bridgehead atoms. The topological polar surface area (TPSA) is 78.9 Å². The zero-order valence-electron chi connectivity index (χ0n) is 10.4. The SMILES string of the molecule is O=C(O)C1COCCN1C(=O)NC1CCCCC1. The van der Waals surface area contributed by atoms with E-state index in [9.17, 15) is 9.59 Å². The first-order valence-electron chi connectivity index (χ1n) is 6.56. The molecule has 102 valence electrons. The van der Waals surface area contributed by atoms with Crippen molar-refractivity contribution >= 4 is 12.0 Å². The van der Waals surface area contributed by atoms with Gasteiger partial charge < -0.3 is 20.1 Å². The maximum Gasteiger partial charge on any atom is 0.328 e. The minimum atomic E-state index is -1.01. The second-order valence-electron chi connectivity index (χ2n) is 4.91. The van der Waals surface area contributed by atoms with Crippen LogP contribution < -0.4 is 5.32 Å². The molecule has 2 rings (SSSR count). The molecule has 0 spiro atoms. The smallest absolute Gasteiger partial charge is 0.328 e. The van der Waals surface area contributed by atoms with Gasteiger partial charge in [-0.2, -0.15) is 0 Å². The normalized spacial score (nSPS) is 25.8. The number of nitrogens with one attached hydrogen (secondary N) is 1. The van der Waals surface area contributed by atoms with Gasteiger partial charge in [0.05, 0.1) is 13.2 Å². The number of carboxylic acids is 1.